The quantitative estimate of drug-likeness (QED) is 0.634. The van der Waals surface area contributed by atoms with Crippen LogP contribution in [0.5, 0.6) is 0 Å². The van der Waals surface area contributed by atoms with Gasteiger partial charge >= 0.3 is 0 Å². The molecule has 2 N–H and O–H groups in total. The third-order valence-electron chi connectivity index (χ3n) is 5.16. The van der Waals surface area contributed by atoms with Gasteiger partial charge in [-0.25, -0.2) is 4.98 Å². The van der Waals surface area contributed by atoms with E-state index in [2.05, 4.69) is 44.0 Å². The first-order chi connectivity index (χ1) is 14.1. The smallest absolute Gasteiger partial charge is 0.191 e. The van der Waals surface area contributed by atoms with Crippen molar-refractivity contribution < 1.29 is 4.79 Å². The summed E-state index contributed by atoms with van der Waals surface area (Å²) >= 11 is 0. The SMILES string of the molecule is C[C@@H]1CC[C@](Nc2cc(C#N)ccn2)(C(=O)c2ccccc2-n2ncnn2)CN1. The van der Waals surface area contributed by atoms with Crippen molar-refractivity contribution in [1.82, 2.24) is 30.5 Å². The molecule has 1 aromatic carbocycles. The van der Waals surface area contributed by atoms with Gasteiger partial charge in [-0.3, -0.25) is 4.79 Å². The Balaban J connectivity index is 1.75. The van der Waals surface area contributed by atoms with Gasteiger partial charge in [-0.1, -0.05) is 12.1 Å². The van der Waals surface area contributed by atoms with Gasteiger partial charge in [0.1, 0.15) is 11.4 Å². The van der Waals surface area contributed by atoms with Crippen LogP contribution in [0.2, 0.25) is 0 Å². The number of pyridine rings is 1. The minimum absolute atomic E-state index is 0.0889. The number of benzene rings is 1. The van der Waals surface area contributed by atoms with Crippen molar-refractivity contribution in [2.45, 2.75) is 31.3 Å². The van der Waals surface area contributed by atoms with Gasteiger partial charge in [0.25, 0.3) is 0 Å². The molecule has 146 valence electrons. The fourth-order valence-corrected chi connectivity index (χ4v) is 3.55. The molecule has 0 radical (unpaired) electrons. The normalized spacial score (nSPS) is 21.3. The molecule has 0 bridgehead atoms. The largest absolute Gasteiger partial charge is 0.356 e. The van der Waals surface area contributed by atoms with Crippen LogP contribution in [0.25, 0.3) is 5.69 Å². The summed E-state index contributed by atoms with van der Waals surface area (Å²) in [6.07, 6.45) is 4.33. The summed E-state index contributed by atoms with van der Waals surface area (Å²) in [5, 5.41) is 27.7. The molecule has 29 heavy (non-hydrogen) atoms. The van der Waals surface area contributed by atoms with Crippen LogP contribution in [0.4, 0.5) is 5.82 Å². The highest BCUT2D eigenvalue weighted by Gasteiger charge is 2.42. The summed E-state index contributed by atoms with van der Waals surface area (Å²) < 4.78 is 0. The molecule has 2 aromatic heterocycles. The summed E-state index contributed by atoms with van der Waals surface area (Å²) in [5.74, 6) is 0.402. The first kappa shape index (κ1) is 18.7. The number of ketones is 1. The number of para-hydroxylation sites is 1. The summed E-state index contributed by atoms with van der Waals surface area (Å²) in [7, 11) is 0. The van der Waals surface area contributed by atoms with Gasteiger partial charge in [-0.2, -0.15) is 5.26 Å². The predicted molar refractivity (Wildman–Crippen MR) is 105 cm³/mol. The first-order valence-corrected chi connectivity index (χ1v) is 9.36. The monoisotopic (exact) mass is 388 g/mol. The number of aromatic nitrogens is 5. The highest BCUT2D eigenvalue weighted by atomic mass is 16.1. The maximum Gasteiger partial charge on any atom is 0.191 e. The van der Waals surface area contributed by atoms with E-state index in [0.29, 0.717) is 41.6 Å². The Bertz CT molecular complexity index is 1050. The van der Waals surface area contributed by atoms with E-state index in [0.717, 1.165) is 6.42 Å². The maximum absolute atomic E-state index is 13.8. The van der Waals surface area contributed by atoms with Crippen LogP contribution in [-0.2, 0) is 0 Å². The number of carbonyl (C=O) groups is 1. The summed E-state index contributed by atoms with van der Waals surface area (Å²) in [4.78, 5) is 19.5. The minimum atomic E-state index is -0.912. The second-order valence-corrected chi connectivity index (χ2v) is 7.14. The van der Waals surface area contributed by atoms with Crippen molar-refractivity contribution >= 4 is 11.6 Å². The van der Waals surface area contributed by atoms with E-state index in [9.17, 15) is 10.1 Å². The van der Waals surface area contributed by atoms with Crippen LogP contribution >= 0.6 is 0 Å². The predicted octanol–water partition coefficient (Wildman–Crippen LogP) is 1.73. The number of Topliss-reactive ketones (excluding diaryl/α,β-unsaturated/α-hetero) is 1. The molecule has 1 saturated heterocycles. The highest BCUT2D eigenvalue weighted by molar-refractivity contribution is 6.07. The van der Waals surface area contributed by atoms with Crippen LogP contribution < -0.4 is 10.6 Å². The van der Waals surface area contributed by atoms with Crippen molar-refractivity contribution in [3.05, 3.63) is 60.0 Å². The zero-order valence-corrected chi connectivity index (χ0v) is 15.9. The maximum atomic E-state index is 13.8. The molecule has 3 heterocycles. The van der Waals surface area contributed by atoms with Crippen molar-refractivity contribution in [1.29, 1.82) is 5.26 Å². The second-order valence-electron chi connectivity index (χ2n) is 7.14. The lowest BCUT2D eigenvalue weighted by atomic mass is 9.80. The molecular weight excluding hydrogens is 368 g/mol. The summed E-state index contributed by atoms with van der Waals surface area (Å²) in [6, 6.07) is 12.9. The molecule has 1 aliphatic rings. The van der Waals surface area contributed by atoms with E-state index in [1.165, 1.54) is 11.1 Å². The fraction of sp³-hybridized carbons (Fsp3) is 0.300. The van der Waals surface area contributed by atoms with Gasteiger partial charge in [-0.05, 0) is 49.2 Å². The lowest BCUT2D eigenvalue weighted by Crippen LogP contribution is -2.59. The molecule has 0 spiro atoms. The molecule has 1 fully saturated rings. The molecule has 1 aliphatic heterocycles. The third kappa shape index (κ3) is 3.70. The van der Waals surface area contributed by atoms with E-state index in [1.807, 2.05) is 12.1 Å². The van der Waals surface area contributed by atoms with Crippen molar-refractivity contribution in [2.75, 3.05) is 11.9 Å². The number of nitrogens with one attached hydrogen (secondary N) is 2. The molecule has 4 rings (SSSR count). The number of nitrogens with zero attached hydrogens (tertiary/aromatic N) is 6. The van der Waals surface area contributed by atoms with Crippen LogP contribution in [0.3, 0.4) is 0 Å². The van der Waals surface area contributed by atoms with Gasteiger partial charge < -0.3 is 10.6 Å². The Kier molecular flexibility index (Phi) is 5.01. The minimum Gasteiger partial charge on any atom is -0.356 e. The van der Waals surface area contributed by atoms with E-state index in [-0.39, 0.29) is 5.78 Å². The number of piperidine rings is 1. The fourth-order valence-electron chi connectivity index (χ4n) is 3.55. The Morgan fingerprint density at radius 3 is 2.97 bits per heavy atom. The standard InChI is InChI=1S/C20H20N8O/c1-14-6-8-20(12-23-14,26-18-10-15(11-21)7-9-22-18)19(29)16-4-2-3-5-17(16)28-25-13-24-27-28/h2-5,7,9-10,13-14,23H,6,8,12H2,1H3,(H,22,26)/t14-,20-/m1/s1. The van der Waals surface area contributed by atoms with Crippen LogP contribution in [-0.4, -0.2) is 49.1 Å². The lowest BCUT2D eigenvalue weighted by Gasteiger charge is -2.40. The van der Waals surface area contributed by atoms with E-state index >= 15 is 0 Å². The zero-order valence-electron chi connectivity index (χ0n) is 15.9. The first-order valence-electron chi connectivity index (χ1n) is 9.36. The molecule has 0 aliphatic carbocycles. The summed E-state index contributed by atoms with van der Waals surface area (Å²) in [6.45, 7) is 2.53. The van der Waals surface area contributed by atoms with E-state index in [1.54, 1.807) is 30.5 Å². The Morgan fingerprint density at radius 2 is 2.24 bits per heavy atom. The van der Waals surface area contributed by atoms with Crippen LogP contribution in [0.15, 0.2) is 48.9 Å². The number of tetrazole rings is 1. The van der Waals surface area contributed by atoms with Gasteiger partial charge in [-0.15, -0.1) is 15.0 Å². The van der Waals surface area contributed by atoms with Gasteiger partial charge in [0.05, 0.1) is 17.3 Å². The molecule has 3 aromatic rings. The number of rotatable bonds is 5. The molecule has 0 amide bonds. The number of carbonyl (C=O) groups excluding carboxylic acids is 1. The Hall–Kier alpha value is -3.64. The average Bonchev–Trinajstić information content (AvgIpc) is 3.30. The highest BCUT2D eigenvalue weighted by Crippen LogP contribution is 2.29. The van der Waals surface area contributed by atoms with Crippen LogP contribution in [0, 0.1) is 11.3 Å². The third-order valence-corrected chi connectivity index (χ3v) is 5.16. The zero-order chi connectivity index (χ0) is 20.3. The average molecular weight is 388 g/mol. The van der Waals surface area contributed by atoms with Crippen LogP contribution in [0.1, 0.15) is 35.7 Å². The number of anilines is 1. The van der Waals surface area contributed by atoms with Gasteiger partial charge in [0, 0.05) is 24.3 Å². The Morgan fingerprint density at radius 1 is 1.38 bits per heavy atom. The second kappa shape index (κ2) is 7.77. The van der Waals surface area contributed by atoms with Crippen molar-refractivity contribution in [2.24, 2.45) is 0 Å². The summed E-state index contributed by atoms with van der Waals surface area (Å²) in [5.41, 5.74) is 0.623. The van der Waals surface area contributed by atoms with Gasteiger partial charge in [0.2, 0.25) is 0 Å². The molecule has 2 atom stereocenters. The van der Waals surface area contributed by atoms with Crippen molar-refractivity contribution in [3.63, 3.8) is 0 Å². The topological polar surface area (TPSA) is 121 Å². The molecule has 9 heteroatoms. The molecule has 0 unspecified atom stereocenters. The van der Waals surface area contributed by atoms with E-state index in [4.69, 9.17) is 0 Å². The molecule has 9 nitrogen and oxygen atoms in total. The van der Waals surface area contributed by atoms with E-state index < -0.39 is 5.54 Å². The van der Waals surface area contributed by atoms with Crippen molar-refractivity contribution in [3.8, 4) is 11.8 Å². The lowest BCUT2D eigenvalue weighted by molar-refractivity contribution is 0.0870. The Labute approximate surface area is 167 Å². The number of hydrogen-bond donors (Lipinski definition) is 2. The molecule has 0 saturated carbocycles. The molecular formula is C20H20N8O. The van der Waals surface area contributed by atoms with Gasteiger partial charge in [0.15, 0.2) is 12.1 Å². The number of nitriles is 1. The number of hydrogen-bond acceptors (Lipinski definition) is 8.